The van der Waals surface area contributed by atoms with Crippen LogP contribution in [0.4, 0.5) is 0 Å². The van der Waals surface area contributed by atoms with Crippen LogP contribution in [-0.2, 0) is 14.6 Å². The monoisotopic (exact) mass is 422 g/mol. The molecule has 0 N–H and O–H groups in total. The fraction of sp³-hybridized carbons (Fsp3) is 0.500. The van der Waals surface area contributed by atoms with E-state index in [1.165, 1.54) is 16.9 Å². The predicted molar refractivity (Wildman–Crippen MR) is 112 cm³/mol. The minimum absolute atomic E-state index is 0.0100. The smallest absolute Gasteiger partial charge is 0.273 e. The van der Waals surface area contributed by atoms with Crippen LogP contribution >= 0.6 is 11.3 Å². The molecular formula is C20H26N2O4S2. The van der Waals surface area contributed by atoms with Crippen molar-refractivity contribution in [3.8, 4) is 10.6 Å². The molecule has 1 fully saturated rings. The molecule has 28 heavy (non-hydrogen) atoms. The highest BCUT2D eigenvalue weighted by molar-refractivity contribution is 7.91. The Labute approximate surface area is 170 Å². The molecule has 1 saturated heterocycles. The Bertz CT molecular complexity index is 920. The van der Waals surface area contributed by atoms with Crippen LogP contribution in [0.25, 0.3) is 10.6 Å². The number of aromatic nitrogens is 1. The number of methoxy groups -OCH3 is 1. The van der Waals surface area contributed by atoms with Crippen molar-refractivity contribution >= 4 is 27.1 Å². The highest BCUT2D eigenvalue weighted by atomic mass is 32.2. The second-order valence-corrected chi connectivity index (χ2v) is 10.4. The van der Waals surface area contributed by atoms with Gasteiger partial charge in [0.2, 0.25) is 0 Å². The first-order valence-corrected chi connectivity index (χ1v) is 12.1. The number of ether oxygens (including phenoxy) is 1. The SMILES string of the molecule is COCCN(C(=O)c1csc(-c2ccc(C(C)C)cc2)n1)C1CCS(=O)(=O)C1. The van der Waals surface area contributed by atoms with Gasteiger partial charge in [0, 0.05) is 30.6 Å². The zero-order valence-electron chi connectivity index (χ0n) is 16.4. The largest absolute Gasteiger partial charge is 0.383 e. The van der Waals surface area contributed by atoms with E-state index in [2.05, 4.69) is 31.0 Å². The lowest BCUT2D eigenvalue weighted by Crippen LogP contribution is -2.43. The van der Waals surface area contributed by atoms with Crippen LogP contribution in [0.1, 0.15) is 42.2 Å². The molecule has 6 nitrogen and oxygen atoms in total. The van der Waals surface area contributed by atoms with Gasteiger partial charge < -0.3 is 9.64 Å². The Balaban J connectivity index is 1.80. The first-order valence-electron chi connectivity index (χ1n) is 9.37. The topological polar surface area (TPSA) is 76.6 Å². The molecule has 8 heteroatoms. The van der Waals surface area contributed by atoms with Crippen molar-refractivity contribution in [1.82, 2.24) is 9.88 Å². The van der Waals surface area contributed by atoms with Crippen LogP contribution in [0.2, 0.25) is 0 Å². The summed E-state index contributed by atoms with van der Waals surface area (Å²) in [5.74, 6) is 0.356. The molecule has 0 aliphatic carbocycles. The van der Waals surface area contributed by atoms with Gasteiger partial charge in [-0.3, -0.25) is 4.79 Å². The Morgan fingerprint density at radius 2 is 2.04 bits per heavy atom. The number of sulfone groups is 1. The van der Waals surface area contributed by atoms with Crippen LogP contribution in [-0.4, -0.2) is 62.0 Å². The highest BCUT2D eigenvalue weighted by Crippen LogP contribution is 2.27. The first-order chi connectivity index (χ1) is 13.3. The molecule has 0 radical (unpaired) electrons. The molecule has 2 aromatic rings. The summed E-state index contributed by atoms with van der Waals surface area (Å²) in [7, 11) is -1.52. The second kappa shape index (κ2) is 8.71. The third kappa shape index (κ3) is 4.79. The fourth-order valence-electron chi connectivity index (χ4n) is 3.32. The van der Waals surface area contributed by atoms with Crippen LogP contribution in [0, 0.1) is 0 Å². The number of carbonyl (C=O) groups excluding carboxylic acids is 1. The lowest BCUT2D eigenvalue weighted by molar-refractivity contribution is 0.0619. The summed E-state index contributed by atoms with van der Waals surface area (Å²) in [6.45, 7) is 5.00. The van der Waals surface area contributed by atoms with Crippen molar-refractivity contribution in [3.63, 3.8) is 0 Å². The van der Waals surface area contributed by atoms with Crippen LogP contribution in [0.15, 0.2) is 29.6 Å². The summed E-state index contributed by atoms with van der Waals surface area (Å²) in [4.78, 5) is 19.2. The predicted octanol–water partition coefficient (Wildman–Crippen LogP) is 3.21. The maximum atomic E-state index is 13.1. The summed E-state index contributed by atoms with van der Waals surface area (Å²) in [5.41, 5.74) is 2.58. The average Bonchev–Trinajstić information content (AvgIpc) is 3.29. The van der Waals surface area contributed by atoms with Gasteiger partial charge in [-0.2, -0.15) is 0 Å². The number of thiazole rings is 1. The third-order valence-corrected chi connectivity index (χ3v) is 7.64. The normalized spacial score (nSPS) is 18.5. The Morgan fingerprint density at radius 3 is 2.61 bits per heavy atom. The molecule has 3 rings (SSSR count). The van der Waals surface area contributed by atoms with Gasteiger partial charge in [0.1, 0.15) is 10.7 Å². The molecule has 152 valence electrons. The lowest BCUT2D eigenvalue weighted by atomic mass is 10.0. The molecule has 1 atom stereocenters. The summed E-state index contributed by atoms with van der Waals surface area (Å²) in [5, 5.41) is 2.53. The van der Waals surface area contributed by atoms with Crippen molar-refractivity contribution in [3.05, 3.63) is 40.9 Å². The van der Waals surface area contributed by atoms with Crippen molar-refractivity contribution in [1.29, 1.82) is 0 Å². The van der Waals surface area contributed by atoms with E-state index >= 15 is 0 Å². The third-order valence-electron chi connectivity index (χ3n) is 4.99. The average molecular weight is 423 g/mol. The number of hydrogen-bond donors (Lipinski definition) is 0. The van der Waals surface area contributed by atoms with E-state index in [-0.39, 0.29) is 23.5 Å². The van der Waals surface area contributed by atoms with E-state index in [9.17, 15) is 13.2 Å². The second-order valence-electron chi connectivity index (χ2n) is 7.36. The van der Waals surface area contributed by atoms with Crippen LogP contribution in [0.3, 0.4) is 0 Å². The molecule has 1 aromatic heterocycles. The fourth-order valence-corrected chi connectivity index (χ4v) is 5.85. The van der Waals surface area contributed by atoms with Gasteiger partial charge in [-0.1, -0.05) is 38.1 Å². The minimum atomic E-state index is -3.08. The number of benzene rings is 1. The molecule has 1 unspecified atom stereocenters. The molecule has 1 aliphatic heterocycles. The Morgan fingerprint density at radius 1 is 1.32 bits per heavy atom. The van der Waals surface area contributed by atoms with Crippen molar-refractivity contribution < 1.29 is 17.9 Å². The van der Waals surface area contributed by atoms with Crippen LogP contribution in [0.5, 0.6) is 0 Å². The first kappa shape index (κ1) is 21.0. The number of carbonyl (C=O) groups is 1. The van der Waals surface area contributed by atoms with Gasteiger partial charge in [-0.05, 0) is 17.9 Å². The molecule has 1 aliphatic rings. The molecule has 2 heterocycles. The molecule has 1 aromatic carbocycles. The molecular weight excluding hydrogens is 396 g/mol. The van der Waals surface area contributed by atoms with E-state index < -0.39 is 9.84 Å². The molecule has 0 saturated carbocycles. The molecule has 0 bridgehead atoms. The van der Waals surface area contributed by atoms with Crippen LogP contribution < -0.4 is 0 Å². The van der Waals surface area contributed by atoms with Gasteiger partial charge in [0.05, 0.1) is 18.1 Å². The highest BCUT2D eigenvalue weighted by Gasteiger charge is 2.35. The standard InChI is InChI=1S/C20H26N2O4S2/c1-14(2)15-4-6-16(7-5-15)19-21-18(12-27-19)20(23)22(9-10-26-3)17-8-11-28(24,25)13-17/h4-7,12,14,17H,8-11,13H2,1-3H3. The lowest BCUT2D eigenvalue weighted by Gasteiger charge is -2.27. The summed E-state index contributed by atoms with van der Waals surface area (Å²) in [6.07, 6.45) is 0.464. The van der Waals surface area contributed by atoms with E-state index in [0.29, 0.717) is 31.2 Å². The number of hydrogen-bond acceptors (Lipinski definition) is 6. The number of amides is 1. The van der Waals surface area contributed by atoms with E-state index in [0.717, 1.165) is 10.6 Å². The Hall–Kier alpha value is -1.77. The van der Waals surface area contributed by atoms with Gasteiger partial charge >= 0.3 is 0 Å². The van der Waals surface area contributed by atoms with Crippen molar-refractivity contribution in [2.24, 2.45) is 0 Å². The Kier molecular flexibility index (Phi) is 6.52. The van der Waals surface area contributed by atoms with Gasteiger partial charge in [-0.15, -0.1) is 11.3 Å². The molecule has 0 spiro atoms. The summed E-state index contributed by atoms with van der Waals surface area (Å²) >= 11 is 1.42. The number of rotatable bonds is 7. The summed E-state index contributed by atoms with van der Waals surface area (Å²) in [6, 6.07) is 7.89. The minimum Gasteiger partial charge on any atom is -0.383 e. The maximum absolute atomic E-state index is 13.1. The van der Waals surface area contributed by atoms with Gasteiger partial charge in [0.25, 0.3) is 5.91 Å². The van der Waals surface area contributed by atoms with E-state index in [4.69, 9.17) is 4.74 Å². The quantitative estimate of drug-likeness (QED) is 0.685. The zero-order chi connectivity index (χ0) is 20.3. The maximum Gasteiger partial charge on any atom is 0.273 e. The molecule has 1 amide bonds. The zero-order valence-corrected chi connectivity index (χ0v) is 18.1. The van der Waals surface area contributed by atoms with E-state index in [1.807, 2.05) is 12.1 Å². The number of nitrogens with zero attached hydrogens (tertiary/aromatic N) is 2. The van der Waals surface area contributed by atoms with E-state index in [1.54, 1.807) is 17.4 Å². The summed E-state index contributed by atoms with van der Waals surface area (Å²) < 4.78 is 28.8. The van der Waals surface area contributed by atoms with Crippen molar-refractivity contribution in [2.75, 3.05) is 31.8 Å². The van der Waals surface area contributed by atoms with Gasteiger partial charge in [0.15, 0.2) is 9.84 Å². The van der Waals surface area contributed by atoms with Gasteiger partial charge in [-0.25, -0.2) is 13.4 Å². The van der Waals surface area contributed by atoms with Crippen molar-refractivity contribution in [2.45, 2.75) is 32.2 Å².